The van der Waals surface area contributed by atoms with Gasteiger partial charge in [-0.1, -0.05) is 153 Å². The fourth-order valence-electron chi connectivity index (χ4n) is 6.95. The third-order valence-electron chi connectivity index (χ3n) is 9.16. The molecule has 0 atom stereocenters. The van der Waals surface area contributed by atoms with Crippen molar-refractivity contribution < 1.29 is 0 Å². The highest BCUT2D eigenvalue weighted by Gasteiger charge is 2.18. The van der Waals surface area contributed by atoms with Crippen LogP contribution in [0.15, 0.2) is 171 Å². The topological polar surface area (TPSA) is 0 Å². The standard InChI is InChI=1S/C46H32/c1-3-31-22-24-36(26-32(31)4-2)39-28-38(33-14-6-5-7-15-33)29-40(30-39)46-43-20-12-10-18-41(43)45(42-19-11-13-21-44(42)46)37-25-23-34-16-8-9-17-35(34)27-37/h3-30H,1-2H2. The number of hydrogen-bond donors (Lipinski definition) is 0. The zero-order valence-electron chi connectivity index (χ0n) is 25.6. The van der Waals surface area contributed by atoms with Gasteiger partial charge in [-0.2, -0.15) is 0 Å². The number of benzene rings is 8. The van der Waals surface area contributed by atoms with E-state index in [0.29, 0.717) is 0 Å². The fraction of sp³-hybridized carbons (Fsp3) is 0. The molecule has 0 aliphatic rings. The van der Waals surface area contributed by atoms with Crippen molar-refractivity contribution >= 4 is 44.5 Å². The van der Waals surface area contributed by atoms with E-state index in [1.165, 1.54) is 71.3 Å². The van der Waals surface area contributed by atoms with Crippen LogP contribution in [0.25, 0.3) is 89.0 Å². The van der Waals surface area contributed by atoms with Crippen molar-refractivity contribution in [1.29, 1.82) is 0 Å². The molecule has 0 saturated heterocycles. The first-order valence-corrected chi connectivity index (χ1v) is 15.7. The molecule has 0 nitrogen and oxygen atoms in total. The summed E-state index contributed by atoms with van der Waals surface area (Å²) in [6, 6.07) is 57.5. The molecule has 8 rings (SSSR count). The smallest absolute Gasteiger partial charge is 0.00259 e. The Morgan fingerprint density at radius 3 is 1.43 bits per heavy atom. The minimum atomic E-state index is 1.08. The molecule has 216 valence electrons. The maximum absolute atomic E-state index is 4.08. The molecule has 0 N–H and O–H groups in total. The van der Waals surface area contributed by atoms with Gasteiger partial charge < -0.3 is 0 Å². The number of rotatable bonds is 6. The van der Waals surface area contributed by atoms with Crippen LogP contribution in [-0.2, 0) is 0 Å². The third kappa shape index (κ3) is 4.72. The minimum absolute atomic E-state index is 1.08. The van der Waals surface area contributed by atoms with Gasteiger partial charge in [0.2, 0.25) is 0 Å². The number of fused-ring (bicyclic) bond motifs is 3. The Bertz CT molecular complexity index is 2390. The largest absolute Gasteiger partial charge is 0.0984 e. The molecule has 0 amide bonds. The second-order valence-electron chi connectivity index (χ2n) is 11.8. The van der Waals surface area contributed by atoms with Crippen molar-refractivity contribution in [2.45, 2.75) is 0 Å². The molecule has 0 aliphatic carbocycles. The summed E-state index contributed by atoms with van der Waals surface area (Å²) in [6.07, 6.45) is 3.80. The summed E-state index contributed by atoms with van der Waals surface area (Å²) in [5.41, 5.74) is 11.8. The molecule has 0 saturated carbocycles. The van der Waals surface area contributed by atoms with E-state index in [1.54, 1.807) is 0 Å². The van der Waals surface area contributed by atoms with E-state index in [2.05, 4.69) is 171 Å². The van der Waals surface area contributed by atoms with Crippen LogP contribution in [0.3, 0.4) is 0 Å². The summed E-state index contributed by atoms with van der Waals surface area (Å²) in [4.78, 5) is 0. The van der Waals surface area contributed by atoms with Gasteiger partial charge in [-0.3, -0.25) is 0 Å². The van der Waals surface area contributed by atoms with Gasteiger partial charge in [0.25, 0.3) is 0 Å². The van der Waals surface area contributed by atoms with Crippen LogP contribution < -0.4 is 0 Å². The molecule has 0 heteroatoms. The van der Waals surface area contributed by atoms with E-state index < -0.39 is 0 Å². The average Bonchev–Trinajstić information content (AvgIpc) is 3.13. The van der Waals surface area contributed by atoms with Crippen molar-refractivity contribution in [1.82, 2.24) is 0 Å². The molecular weight excluding hydrogens is 553 g/mol. The molecular formula is C46H32. The molecule has 0 aromatic heterocycles. The fourth-order valence-corrected chi connectivity index (χ4v) is 6.95. The highest BCUT2D eigenvalue weighted by Crippen LogP contribution is 2.45. The second-order valence-corrected chi connectivity index (χ2v) is 11.8. The first-order chi connectivity index (χ1) is 22.7. The first-order valence-electron chi connectivity index (χ1n) is 15.7. The highest BCUT2D eigenvalue weighted by atomic mass is 14.2. The minimum Gasteiger partial charge on any atom is -0.0984 e. The molecule has 46 heavy (non-hydrogen) atoms. The Morgan fingerprint density at radius 1 is 0.304 bits per heavy atom. The molecule has 8 aromatic rings. The molecule has 0 unspecified atom stereocenters. The Hall–Kier alpha value is -5.98. The van der Waals surface area contributed by atoms with Gasteiger partial charge in [-0.15, -0.1) is 0 Å². The van der Waals surface area contributed by atoms with E-state index >= 15 is 0 Å². The summed E-state index contributed by atoms with van der Waals surface area (Å²) in [7, 11) is 0. The second kappa shape index (κ2) is 11.5. The lowest BCUT2D eigenvalue weighted by atomic mass is 9.84. The molecule has 0 fully saturated rings. The van der Waals surface area contributed by atoms with Gasteiger partial charge in [0.15, 0.2) is 0 Å². The summed E-state index contributed by atoms with van der Waals surface area (Å²) in [6.45, 7) is 8.08. The van der Waals surface area contributed by atoms with E-state index in [4.69, 9.17) is 0 Å². The van der Waals surface area contributed by atoms with E-state index in [9.17, 15) is 0 Å². The van der Waals surface area contributed by atoms with Crippen molar-refractivity contribution in [3.63, 3.8) is 0 Å². The predicted octanol–water partition coefficient (Wildman–Crippen LogP) is 13.1. The summed E-state index contributed by atoms with van der Waals surface area (Å²) in [5.74, 6) is 0. The van der Waals surface area contributed by atoms with Gasteiger partial charge in [-0.05, 0) is 118 Å². The average molecular weight is 585 g/mol. The predicted molar refractivity (Wildman–Crippen MR) is 201 cm³/mol. The summed E-state index contributed by atoms with van der Waals surface area (Å²) in [5, 5.41) is 7.50. The van der Waals surface area contributed by atoms with E-state index in [0.717, 1.165) is 16.7 Å². The monoisotopic (exact) mass is 584 g/mol. The lowest BCUT2D eigenvalue weighted by Crippen LogP contribution is -1.92. The van der Waals surface area contributed by atoms with Crippen LogP contribution in [0.2, 0.25) is 0 Å². The Morgan fingerprint density at radius 2 is 0.804 bits per heavy atom. The number of hydrogen-bond acceptors (Lipinski definition) is 0. The molecule has 0 radical (unpaired) electrons. The van der Waals surface area contributed by atoms with Crippen LogP contribution >= 0.6 is 0 Å². The Balaban J connectivity index is 1.45. The van der Waals surface area contributed by atoms with Crippen LogP contribution in [0.5, 0.6) is 0 Å². The molecule has 0 spiro atoms. The zero-order chi connectivity index (χ0) is 31.0. The molecule has 8 aromatic carbocycles. The van der Waals surface area contributed by atoms with E-state index in [1.807, 2.05) is 12.2 Å². The molecule has 0 bridgehead atoms. The zero-order valence-corrected chi connectivity index (χ0v) is 25.6. The van der Waals surface area contributed by atoms with Gasteiger partial charge >= 0.3 is 0 Å². The van der Waals surface area contributed by atoms with Crippen molar-refractivity contribution in [3.05, 3.63) is 182 Å². The highest BCUT2D eigenvalue weighted by molar-refractivity contribution is 6.22. The SMILES string of the molecule is C=Cc1ccc(-c2cc(-c3ccccc3)cc(-c3c4ccccc4c(-c4ccc5ccccc5c4)c4ccccc34)c2)cc1C=C. The maximum Gasteiger partial charge on any atom is -0.00259 e. The van der Waals surface area contributed by atoms with Gasteiger partial charge in [0, 0.05) is 0 Å². The van der Waals surface area contributed by atoms with Crippen LogP contribution in [-0.4, -0.2) is 0 Å². The van der Waals surface area contributed by atoms with Crippen LogP contribution in [0.1, 0.15) is 11.1 Å². The Labute approximate surface area is 270 Å². The van der Waals surface area contributed by atoms with Crippen LogP contribution in [0.4, 0.5) is 0 Å². The Kier molecular flexibility index (Phi) is 6.89. The van der Waals surface area contributed by atoms with Crippen molar-refractivity contribution in [2.24, 2.45) is 0 Å². The third-order valence-corrected chi connectivity index (χ3v) is 9.16. The maximum atomic E-state index is 4.08. The quantitative estimate of drug-likeness (QED) is 0.171. The van der Waals surface area contributed by atoms with Gasteiger partial charge in [0.05, 0.1) is 0 Å². The lowest BCUT2D eigenvalue weighted by molar-refractivity contribution is 1.56. The lowest BCUT2D eigenvalue weighted by Gasteiger charge is -2.19. The first kappa shape index (κ1) is 27.6. The van der Waals surface area contributed by atoms with Gasteiger partial charge in [-0.25, -0.2) is 0 Å². The van der Waals surface area contributed by atoms with Crippen molar-refractivity contribution in [3.8, 4) is 44.5 Å². The summed E-state index contributed by atoms with van der Waals surface area (Å²) >= 11 is 0. The summed E-state index contributed by atoms with van der Waals surface area (Å²) < 4.78 is 0. The van der Waals surface area contributed by atoms with E-state index in [-0.39, 0.29) is 0 Å². The normalized spacial score (nSPS) is 11.2. The van der Waals surface area contributed by atoms with Crippen molar-refractivity contribution in [2.75, 3.05) is 0 Å². The molecule has 0 aliphatic heterocycles. The van der Waals surface area contributed by atoms with Crippen LogP contribution in [0, 0.1) is 0 Å². The molecule has 0 heterocycles. The van der Waals surface area contributed by atoms with Gasteiger partial charge in [0.1, 0.15) is 0 Å².